The molecule has 0 bridgehead atoms. The van der Waals surface area contributed by atoms with Crippen LogP contribution in [-0.2, 0) is 24.5 Å². The Labute approximate surface area is 287 Å². The van der Waals surface area contributed by atoms with Crippen molar-refractivity contribution in [3.05, 3.63) is 95.3 Å². The minimum Gasteiger partial charge on any atom is -0.493 e. The standard InChI is InChI=1S/C37H36F2N4O7/c1-41-35(45)33-32(22-4-7-24(38)8-5-22)34(44)37(36(40)46,20-43(33)19-21-11-14-49-15-12-21)23-6-9-29(26(39)16-23)50-28-10-13-42-27-18-31(48-3)30(47-2)17-25(27)28/h4-10,13,16-18,21H,11-12,14-15,19-20H2,1-3H3,(H2,40,46)(H,41,45). The van der Waals surface area contributed by atoms with Crippen LogP contribution < -0.4 is 25.3 Å². The van der Waals surface area contributed by atoms with Crippen LogP contribution in [0.2, 0.25) is 0 Å². The number of amides is 2. The second-order valence-electron chi connectivity index (χ2n) is 12.1. The van der Waals surface area contributed by atoms with E-state index in [1.54, 1.807) is 23.1 Å². The second kappa shape index (κ2) is 14.1. The summed E-state index contributed by atoms with van der Waals surface area (Å²) < 4.78 is 52.5. The van der Waals surface area contributed by atoms with E-state index in [1.807, 2.05) is 0 Å². The fraction of sp³-hybridized carbons (Fsp3) is 0.297. The third-order valence-electron chi connectivity index (χ3n) is 9.26. The number of allylic oxidation sites excluding steroid dienone is 1. The molecule has 3 aromatic carbocycles. The zero-order chi connectivity index (χ0) is 35.6. The Morgan fingerprint density at radius 3 is 2.32 bits per heavy atom. The topological polar surface area (TPSA) is 142 Å². The van der Waals surface area contributed by atoms with Gasteiger partial charge in [0.15, 0.2) is 34.3 Å². The highest BCUT2D eigenvalue weighted by Crippen LogP contribution is 2.43. The molecule has 4 aromatic rings. The minimum absolute atomic E-state index is 0.0181. The molecule has 50 heavy (non-hydrogen) atoms. The van der Waals surface area contributed by atoms with E-state index in [-0.39, 0.29) is 52.9 Å². The van der Waals surface area contributed by atoms with Crippen LogP contribution in [-0.4, -0.2) is 75.1 Å². The highest BCUT2D eigenvalue weighted by atomic mass is 19.1. The van der Waals surface area contributed by atoms with E-state index in [0.29, 0.717) is 48.5 Å². The quantitative estimate of drug-likeness (QED) is 0.231. The van der Waals surface area contributed by atoms with Gasteiger partial charge in [-0.25, -0.2) is 8.78 Å². The molecule has 1 fully saturated rings. The number of methoxy groups -OCH3 is 2. The number of aromatic nitrogens is 1. The summed E-state index contributed by atoms with van der Waals surface area (Å²) in [6.45, 7) is 0.985. The van der Waals surface area contributed by atoms with Crippen molar-refractivity contribution in [2.45, 2.75) is 18.3 Å². The highest BCUT2D eigenvalue weighted by molar-refractivity contribution is 6.36. The molecule has 2 amide bonds. The highest BCUT2D eigenvalue weighted by Gasteiger charge is 2.54. The average molecular weight is 687 g/mol. The Morgan fingerprint density at radius 1 is 0.980 bits per heavy atom. The number of hydrogen-bond acceptors (Lipinski definition) is 9. The van der Waals surface area contributed by atoms with Crippen molar-refractivity contribution in [3.8, 4) is 23.0 Å². The van der Waals surface area contributed by atoms with E-state index in [9.17, 15) is 18.8 Å². The lowest BCUT2D eigenvalue weighted by atomic mass is 9.69. The number of carbonyl (C=O) groups excluding carboxylic acids is 3. The molecule has 6 rings (SSSR count). The Hall–Kier alpha value is -5.56. The molecule has 0 saturated carbocycles. The number of primary amides is 1. The molecule has 1 aromatic heterocycles. The predicted octanol–water partition coefficient (Wildman–Crippen LogP) is 4.51. The largest absolute Gasteiger partial charge is 0.493 e. The molecule has 0 radical (unpaired) electrons. The lowest BCUT2D eigenvalue weighted by Gasteiger charge is -2.44. The maximum absolute atomic E-state index is 16.1. The first-order valence-corrected chi connectivity index (χ1v) is 16.0. The van der Waals surface area contributed by atoms with Crippen molar-refractivity contribution >= 4 is 34.1 Å². The van der Waals surface area contributed by atoms with Crippen LogP contribution in [0, 0.1) is 17.6 Å². The van der Waals surface area contributed by atoms with Gasteiger partial charge < -0.3 is 34.9 Å². The molecule has 1 atom stereocenters. The lowest BCUT2D eigenvalue weighted by molar-refractivity contribution is -0.134. The van der Waals surface area contributed by atoms with Crippen molar-refractivity contribution in [1.29, 1.82) is 0 Å². The van der Waals surface area contributed by atoms with Gasteiger partial charge in [0.05, 0.1) is 25.3 Å². The van der Waals surface area contributed by atoms with Gasteiger partial charge in [0.25, 0.3) is 5.91 Å². The summed E-state index contributed by atoms with van der Waals surface area (Å²) in [5.41, 5.74) is 4.54. The maximum atomic E-state index is 16.1. The van der Waals surface area contributed by atoms with E-state index < -0.39 is 34.6 Å². The number of ketones is 1. The number of rotatable bonds is 10. The summed E-state index contributed by atoms with van der Waals surface area (Å²) in [5, 5.41) is 3.11. The summed E-state index contributed by atoms with van der Waals surface area (Å²) >= 11 is 0. The van der Waals surface area contributed by atoms with Gasteiger partial charge in [-0.2, -0.15) is 0 Å². The molecule has 3 N–H and O–H groups in total. The first-order valence-electron chi connectivity index (χ1n) is 16.0. The summed E-state index contributed by atoms with van der Waals surface area (Å²) in [5.74, 6) is -2.86. The summed E-state index contributed by atoms with van der Waals surface area (Å²) in [6.07, 6.45) is 2.87. The SMILES string of the molecule is CNC(=O)C1=C(c2ccc(F)cc2)C(=O)C(C(N)=O)(c2ccc(Oc3ccnc4cc(OC)c(OC)cc34)c(F)c2)CN1CC1CCOCC1. The molecule has 0 spiro atoms. The van der Waals surface area contributed by atoms with Gasteiger partial charge >= 0.3 is 0 Å². The Balaban J connectivity index is 1.46. The molecule has 1 saturated heterocycles. The Kier molecular flexibility index (Phi) is 9.69. The number of halogens is 2. The van der Waals surface area contributed by atoms with Crippen LogP contribution in [0.15, 0.2) is 72.6 Å². The van der Waals surface area contributed by atoms with Gasteiger partial charge in [0, 0.05) is 51.0 Å². The van der Waals surface area contributed by atoms with E-state index in [2.05, 4.69) is 10.3 Å². The Bertz CT molecular complexity index is 2000. The number of nitrogens with one attached hydrogen (secondary N) is 1. The van der Waals surface area contributed by atoms with Crippen LogP contribution in [0.3, 0.4) is 0 Å². The van der Waals surface area contributed by atoms with Gasteiger partial charge in [0.1, 0.15) is 17.3 Å². The van der Waals surface area contributed by atoms with Crippen LogP contribution in [0.25, 0.3) is 16.5 Å². The van der Waals surface area contributed by atoms with Crippen LogP contribution in [0.1, 0.15) is 24.0 Å². The van der Waals surface area contributed by atoms with Gasteiger partial charge in [-0.3, -0.25) is 19.4 Å². The molecule has 1 unspecified atom stereocenters. The summed E-state index contributed by atoms with van der Waals surface area (Å²) in [6, 6.07) is 13.7. The molecule has 260 valence electrons. The van der Waals surface area contributed by atoms with Crippen molar-refractivity contribution in [2.24, 2.45) is 11.7 Å². The molecule has 0 aliphatic carbocycles. The van der Waals surface area contributed by atoms with Gasteiger partial charge in [-0.1, -0.05) is 18.2 Å². The number of likely N-dealkylation sites (N-methyl/N-ethyl adjacent to an activating group) is 1. The molecule has 13 heteroatoms. The molecule has 2 aliphatic rings. The fourth-order valence-electron chi connectivity index (χ4n) is 6.63. The number of nitrogens with zero attached hydrogens (tertiary/aromatic N) is 2. The van der Waals surface area contributed by atoms with E-state index in [1.165, 1.54) is 51.7 Å². The third kappa shape index (κ3) is 6.20. The second-order valence-corrected chi connectivity index (χ2v) is 12.1. The number of fused-ring (bicyclic) bond motifs is 1. The molecular weight excluding hydrogens is 650 g/mol. The first kappa shape index (κ1) is 34.3. The van der Waals surface area contributed by atoms with Gasteiger partial charge in [-0.15, -0.1) is 0 Å². The molecular formula is C37H36F2N4O7. The third-order valence-corrected chi connectivity index (χ3v) is 9.26. The number of benzene rings is 3. The number of carbonyl (C=O) groups is 3. The van der Waals surface area contributed by atoms with Crippen LogP contribution in [0.5, 0.6) is 23.0 Å². The normalized spacial score (nSPS) is 18.3. The number of hydrogen-bond donors (Lipinski definition) is 2. The number of nitrogens with two attached hydrogens (primary N) is 1. The van der Waals surface area contributed by atoms with Crippen LogP contribution >= 0.6 is 0 Å². The number of Topliss-reactive ketones (excluding diaryl/α,β-unsaturated/α-hetero) is 1. The van der Waals surface area contributed by atoms with Gasteiger partial charge in [0.2, 0.25) is 5.91 Å². The molecule has 3 heterocycles. The average Bonchev–Trinajstić information content (AvgIpc) is 3.12. The zero-order valence-corrected chi connectivity index (χ0v) is 27.8. The molecule has 2 aliphatic heterocycles. The monoisotopic (exact) mass is 686 g/mol. The van der Waals surface area contributed by atoms with Crippen molar-refractivity contribution in [1.82, 2.24) is 15.2 Å². The summed E-state index contributed by atoms with van der Waals surface area (Å²) in [7, 11) is 4.41. The first-order chi connectivity index (χ1) is 24.1. The van der Waals surface area contributed by atoms with Crippen molar-refractivity contribution in [3.63, 3.8) is 0 Å². The molecule has 11 nitrogen and oxygen atoms in total. The van der Waals surface area contributed by atoms with Crippen molar-refractivity contribution in [2.75, 3.05) is 47.6 Å². The minimum atomic E-state index is -2.13. The summed E-state index contributed by atoms with van der Waals surface area (Å²) in [4.78, 5) is 47.9. The fourth-order valence-corrected chi connectivity index (χ4v) is 6.63. The van der Waals surface area contributed by atoms with Crippen LogP contribution in [0.4, 0.5) is 8.78 Å². The Morgan fingerprint density at radius 2 is 1.68 bits per heavy atom. The van der Waals surface area contributed by atoms with E-state index >= 15 is 4.39 Å². The van der Waals surface area contributed by atoms with Crippen molar-refractivity contribution < 1.29 is 42.1 Å². The van der Waals surface area contributed by atoms with Gasteiger partial charge in [-0.05, 0) is 66.3 Å². The number of pyridine rings is 1. The lowest BCUT2D eigenvalue weighted by Crippen LogP contribution is -2.60. The smallest absolute Gasteiger partial charge is 0.268 e. The maximum Gasteiger partial charge on any atom is 0.268 e. The number of ether oxygens (including phenoxy) is 4. The zero-order valence-electron chi connectivity index (χ0n) is 27.8. The van der Waals surface area contributed by atoms with E-state index in [4.69, 9.17) is 24.7 Å². The predicted molar refractivity (Wildman–Crippen MR) is 180 cm³/mol. The van der Waals surface area contributed by atoms with E-state index in [0.717, 1.165) is 18.2 Å².